The number of rotatable bonds is 0. The number of halogens is 2. The van der Waals surface area contributed by atoms with Gasteiger partial charge in [-0.3, -0.25) is 0 Å². The Morgan fingerprint density at radius 3 is 1.35 bits per heavy atom. The Labute approximate surface area is 216 Å². The van der Waals surface area contributed by atoms with Crippen LogP contribution >= 0.6 is 0 Å². The van der Waals surface area contributed by atoms with Gasteiger partial charge in [0.25, 0.3) is 0 Å². The summed E-state index contributed by atoms with van der Waals surface area (Å²) in [7, 11) is 0. The van der Waals surface area contributed by atoms with Crippen LogP contribution < -0.4 is 24.8 Å². The third kappa shape index (κ3) is 4.75. The smallest absolute Gasteiger partial charge is 1.00 e. The maximum absolute atomic E-state index is 3.27. The van der Waals surface area contributed by atoms with E-state index in [0.29, 0.717) is 0 Å². The van der Waals surface area contributed by atoms with Gasteiger partial charge < -0.3 is 24.8 Å². The summed E-state index contributed by atoms with van der Waals surface area (Å²) in [5.41, 5.74) is 14.0. The molecule has 0 atom stereocenters. The quantitative estimate of drug-likeness (QED) is 0.177. The molecule has 0 nitrogen and oxygen atoms in total. The second-order valence-electron chi connectivity index (χ2n) is 7.66. The second kappa shape index (κ2) is 10.8. The Bertz CT molecular complexity index is 1100. The van der Waals surface area contributed by atoms with E-state index in [2.05, 4.69) is 86.6 Å². The zero-order chi connectivity index (χ0) is 19.1. The summed E-state index contributed by atoms with van der Waals surface area (Å²) in [5, 5.41) is 0. The van der Waals surface area contributed by atoms with Gasteiger partial charge in [0.1, 0.15) is 0 Å². The minimum absolute atomic E-state index is 0. The topological polar surface area (TPSA) is 0 Å². The normalized spacial score (nSPS) is 11.2. The first-order chi connectivity index (χ1) is 13.7. The Kier molecular flexibility index (Phi) is 8.89. The average Bonchev–Trinajstić information content (AvgIpc) is 3.29. The van der Waals surface area contributed by atoms with Crippen LogP contribution in [0.15, 0.2) is 72.8 Å². The molecule has 2 aliphatic carbocycles. The minimum atomic E-state index is 0. The molecule has 152 valence electrons. The first kappa shape index (κ1) is 25.6. The summed E-state index contributed by atoms with van der Waals surface area (Å²) in [5.74, 6) is 0. The molecule has 3 heteroatoms. The van der Waals surface area contributed by atoms with Crippen LogP contribution in [-0.4, -0.2) is 0 Å². The standard InChI is InChI=1S/2C14H11.2ClH.Hf/c2*1-10-5-4-8-13-12-7-3-2-6-11(12)9-14(10)13;;;/h2*2-4,6-8H,9H2,1H3;2*1H;/q2*-1;;;+4/p-2. The Balaban J connectivity index is 0.000000201. The molecular weight excluding hydrogens is 586 g/mol. The first-order valence-electron chi connectivity index (χ1n) is 9.89. The van der Waals surface area contributed by atoms with Crippen molar-refractivity contribution in [3.05, 3.63) is 118 Å². The van der Waals surface area contributed by atoms with E-state index in [-0.39, 0.29) is 50.7 Å². The van der Waals surface area contributed by atoms with Crippen LogP contribution in [0.4, 0.5) is 0 Å². The fourth-order valence-corrected chi connectivity index (χ4v) is 4.50. The molecule has 0 N–H and O–H groups in total. The van der Waals surface area contributed by atoms with E-state index in [1.165, 1.54) is 55.6 Å². The van der Waals surface area contributed by atoms with Crippen molar-refractivity contribution < 1.29 is 50.7 Å². The molecule has 2 aliphatic rings. The molecule has 0 aromatic heterocycles. The Morgan fingerprint density at radius 2 is 0.935 bits per heavy atom. The van der Waals surface area contributed by atoms with Crippen LogP contribution in [0.5, 0.6) is 0 Å². The molecule has 0 heterocycles. The van der Waals surface area contributed by atoms with E-state index >= 15 is 0 Å². The van der Waals surface area contributed by atoms with Gasteiger partial charge in [0.15, 0.2) is 0 Å². The summed E-state index contributed by atoms with van der Waals surface area (Å²) in [6, 6.07) is 32.2. The molecule has 0 amide bonds. The van der Waals surface area contributed by atoms with E-state index < -0.39 is 0 Å². The van der Waals surface area contributed by atoms with Crippen molar-refractivity contribution in [3.63, 3.8) is 0 Å². The van der Waals surface area contributed by atoms with Crippen molar-refractivity contribution in [3.8, 4) is 22.3 Å². The fourth-order valence-electron chi connectivity index (χ4n) is 4.50. The number of hydrogen-bond donors (Lipinski definition) is 0. The molecule has 0 bridgehead atoms. The van der Waals surface area contributed by atoms with E-state index in [9.17, 15) is 0 Å². The summed E-state index contributed by atoms with van der Waals surface area (Å²) >= 11 is 0. The zero-order valence-corrected chi connectivity index (χ0v) is 22.7. The molecular formula is C28H22Cl2Hf. The van der Waals surface area contributed by atoms with Gasteiger partial charge in [0.05, 0.1) is 0 Å². The van der Waals surface area contributed by atoms with Crippen LogP contribution in [0.1, 0.15) is 33.4 Å². The van der Waals surface area contributed by atoms with Gasteiger partial charge in [0, 0.05) is 0 Å². The molecule has 0 spiro atoms. The molecule has 0 fully saturated rings. The Hall–Kier alpha value is -1.67. The van der Waals surface area contributed by atoms with Crippen LogP contribution in [0, 0.1) is 26.0 Å². The van der Waals surface area contributed by atoms with Gasteiger partial charge >= 0.3 is 25.8 Å². The third-order valence-corrected chi connectivity index (χ3v) is 6.00. The summed E-state index contributed by atoms with van der Waals surface area (Å²) < 4.78 is 0. The maximum atomic E-state index is 3.27. The van der Waals surface area contributed by atoms with E-state index in [1.807, 2.05) is 12.1 Å². The van der Waals surface area contributed by atoms with Crippen LogP contribution in [0.3, 0.4) is 0 Å². The van der Waals surface area contributed by atoms with Gasteiger partial charge in [-0.05, 0) is 35.1 Å². The zero-order valence-electron chi connectivity index (χ0n) is 17.6. The molecule has 0 radical (unpaired) electrons. The van der Waals surface area contributed by atoms with Crippen molar-refractivity contribution in [1.82, 2.24) is 0 Å². The summed E-state index contributed by atoms with van der Waals surface area (Å²) in [6.07, 6.45) is 2.16. The number of fused-ring (bicyclic) bond motifs is 6. The van der Waals surface area contributed by atoms with Crippen LogP contribution in [0.25, 0.3) is 22.3 Å². The minimum Gasteiger partial charge on any atom is -1.00 e. The maximum Gasteiger partial charge on any atom is 4.00 e. The summed E-state index contributed by atoms with van der Waals surface area (Å²) in [6.45, 7) is 4.29. The van der Waals surface area contributed by atoms with Crippen molar-refractivity contribution in [2.75, 3.05) is 0 Å². The predicted octanol–water partition coefficient (Wildman–Crippen LogP) is 0.738. The van der Waals surface area contributed by atoms with Gasteiger partial charge in [-0.2, -0.15) is 47.5 Å². The third-order valence-electron chi connectivity index (χ3n) is 6.00. The van der Waals surface area contributed by atoms with Gasteiger partial charge in [0.2, 0.25) is 0 Å². The van der Waals surface area contributed by atoms with Gasteiger partial charge in [-0.25, -0.2) is 0 Å². The molecule has 4 aromatic carbocycles. The van der Waals surface area contributed by atoms with Crippen molar-refractivity contribution in [2.24, 2.45) is 0 Å². The molecule has 31 heavy (non-hydrogen) atoms. The molecule has 0 saturated heterocycles. The number of aryl methyl sites for hydroxylation is 2. The monoisotopic (exact) mass is 608 g/mol. The molecule has 6 rings (SSSR count). The van der Waals surface area contributed by atoms with Gasteiger partial charge in [-0.15, -0.1) is 22.3 Å². The second-order valence-corrected chi connectivity index (χ2v) is 7.66. The number of hydrogen-bond acceptors (Lipinski definition) is 0. The van der Waals surface area contributed by atoms with Crippen LogP contribution in [-0.2, 0) is 38.7 Å². The number of benzene rings is 4. The first-order valence-corrected chi connectivity index (χ1v) is 9.89. The molecule has 0 aliphatic heterocycles. The molecule has 0 unspecified atom stereocenters. The van der Waals surface area contributed by atoms with Crippen molar-refractivity contribution in [1.29, 1.82) is 0 Å². The molecule has 4 aromatic rings. The fraction of sp³-hybridized carbons (Fsp3) is 0.143. The van der Waals surface area contributed by atoms with E-state index in [4.69, 9.17) is 0 Å². The SMILES string of the molecule is Cc1[c-]ccc2c1Cc1ccccc1-2.Cc1[c-]ccc2c1Cc1ccccc1-2.[Cl-].[Cl-].[Hf+4]. The largest absolute Gasteiger partial charge is 4.00 e. The average molecular weight is 608 g/mol. The molecule has 0 saturated carbocycles. The van der Waals surface area contributed by atoms with E-state index in [1.54, 1.807) is 0 Å². The van der Waals surface area contributed by atoms with Crippen molar-refractivity contribution >= 4 is 0 Å². The predicted molar refractivity (Wildman–Crippen MR) is 117 cm³/mol. The summed E-state index contributed by atoms with van der Waals surface area (Å²) in [4.78, 5) is 0. The Morgan fingerprint density at radius 1 is 0.548 bits per heavy atom. The van der Waals surface area contributed by atoms with E-state index in [0.717, 1.165) is 12.8 Å². The van der Waals surface area contributed by atoms with Crippen LogP contribution in [0.2, 0.25) is 0 Å². The van der Waals surface area contributed by atoms with Gasteiger partial charge in [-0.1, -0.05) is 62.4 Å². The van der Waals surface area contributed by atoms with Crippen molar-refractivity contribution in [2.45, 2.75) is 26.7 Å².